The number of benzene rings is 1. The second-order valence-electron chi connectivity index (χ2n) is 7.42. The lowest BCUT2D eigenvalue weighted by atomic mass is 9.73. The number of para-hydroxylation sites is 1. The number of nitrogens with one attached hydrogen (secondary N) is 2. The van der Waals surface area contributed by atoms with Crippen molar-refractivity contribution in [3.05, 3.63) is 29.8 Å². The molecule has 3 aliphatic rings. The van der Waals surface area contributed by atoms with E-state index in [9.17, 15) is 9.90 Å². The number of ether oxygens (including phenoxy) is 1. The van der Waals surface area contributed by atoms with Gasteiger partial charge in [-0.1, -0.05) is 18.2 Å². The van der Waals surface area contributed by atoms with Crippen LogP contribution in [-0.2, 0) is 0 Å². The van der Waals surface area contributed by atoms with Gasteiger partial charge in [-0.3, -0.25) is 0 Å². The molecule has 0 radical (unpaired) electrons. The van der Waals surface area contributed by atoms with Gasteiger partial charge in [-0.15, -0.1) is 0 Å². The van der Waals surface area contributed by atoms with Crippen LogP contribution in [0.1, 0.15) is 50.1 Å². The molecule has 5 heteroatoms. The Morgan fingerprint density at radius 2 is 2.04 bits per heavy atom. The van der Waals surface area contributed by atoms with Crippen LogP contribution in [-0.4, -0.2) is 29.9 Å². The average Bonchev–Trinajstić information content (AvgIpc) is 3.32. The molecule has 5 nitrogen and oxygen atoms in total. The van der Waals surface area contributed by atoms with Gasteiger partial charge in [0.15, 0.2) is 0 Å². The third kappa shape index (κ3) is 2.78. The van der Waals surface area contributed by atoms with Crippen LogP contribution >= 0.6 is 0 Å². The fraction of sp³-hybridized carbons (Fsp3) is 0.611. The van der Waals surface area contributed by atoms with Crippen molar-refractivity contribution >= 4 is 6.03 Å². The van der Waals surface area contributed by atoms with Crippen LogP contribution in [0.25, 0.3) is 0 Å². The lowest BCUT2D eigenvalue weighted by Crippen LogP contribution is -2.51. The quantitative estimate of drug-likeness (QED) is 0.799. The van der Waals surface area contributed by atoms with Gasteiger partial charge in [-0.2, -0.15) is 0 Å². The van der Waals surface area contributed by atoms with E-state index in [1.807, 2.05) is 24.3 Å². The van der Waals surface area contributed by atoms with E-state index < -0.39 is 0 Å². The molecule has 2 amide bonds. The summed E-state index contributed by atoms with van der Waals surface area (Å²) in [4.78, 5) is 12.3. The van der Waals surface area contributed by atoms with E-state index in [0.717, 1.165) is 43.4 Å². The number of aliphatic hydroxyl groups excluding tert-OH is 1. The highest BCUT2D eigenvalue weighted by Crippen LogP contribution is 2.48. The van der Waals surface area contributed by atoms with Gasteiger partial charge < -0.3 is 20.5 Å². The maximum Gasteiger partial charge on any atom is 0.315 e. The smallest absolute Gasteiger partial charge is 0.315 e. The molecule has 0 unspecified atom stereocenters. The molecular formula is C18H24N2O3. The number of aliphatic hydroxyl groups is 1. The molecule has 4 rings (SSSR count). The molecule has 0 bridgehead atoms. The number of urea groups is 1. The standard InChI is InChI=1S/C18H24N2O3/c21-12-17(8-9-17)11-19-16(22)20-14-10-18(6-3-7-18)23-15-5-2-1-4-13(14)15/h1-2,4-5,14,21H,3,6-12H2,(H2,19,20,22)/t14-/m1/s1. The van der Waals surface area contributed by atoms with Gasteiger partial charge in [0.05, 0.1) is 12.6 Å². The van der Waals surface area contributed by atoms with Crippen molar-refractivity contribution in [2.24, 2.45) is 5.41 Å². The molecule has 1 atom stereocenters. The van der Waals surface area contributed by atoms with Gasteiger partial charge >= 0.3 is 6.03 Å². The summed E-state index contributed by atoms with van der Waals surface area (Å²) in [5.74, 6) is 0.901. The van der Waals surface area contributed by atoms with Crippen LogP contribution in [0, 0.1) is 5.41 Å². The highest BCUT2D eigenvalue weighted by Gasteiger charge is 2.46. The Kier molecular flexibility index (Phi) is 3.48. The van der Waals surface area contributed by atoms with Crippen molar-refractivity contribution in [1.29, 1.82) is 0 Å². The predicted octanol–water partition coefficient (Wildman–Crippen LogP) is 2.50. The Labute approximate surface area is 136 Å². The highest BCUT2D eigenvalue weighted by molar-refractivity contribution is 5.74. The fourth-order valence-electron chi connectivity index (χ4n) is 3.67. The summed E-state index contributed by atoms with van der Waals surface area (Å²) in [6.45, 7) is 0.696. The molecule has 124 valence electrons. The topological polar surface area (TPSA) is 70.6 Å². The minimum Gasteiger partial charge on any atom is -0.487 e. The molecule has 0 saturated heterocycles. The minimum atomic E-state index is -0.152. The van der Waals surface area contributed by atoms with Crippen LogP contribution in [0.2, 0.25) is 0 Å². The largest absolute Gasteiger partial charge is 0.487 e. The van der Waals surface area contributed by atoms with E-state index in [2.05, 4.69) is 10.6 Å². The fourth-order valence-corrected chi connectivity index (χ4v) is 3.67. The van der Waals surface area contributed by atoms with E-state index in [0.29, 0.717) is 6.54 Å². The lowest BCUT2D eigenvalue weighted by Gasteiger charge is -2.48. The first-order chi connectivity index (χ1) is 11.1. The number of hydrogen-bond acceptors (Lipinski definition) is 3. The van der Waals surface area contributed by atoms with Crippen molar-refractivity contribution in [3.63, 3.8) is 0 Å². The Hall–Kier alpha value is -1.75. The molecule has 3 N–H and O–H groups in total. The summed E-state index contributed by atoms with van der Waals surface area (Å²) in [7, 11) is 0. The number of carbonyl (C=O) groups excluding carboxylic acids is 1. The second kappa shape index (κ2) is 5.41. The molecule has 2 saturated carbocycles. The minimum absolute atomic E-state index is 0.00969. The van der Waals surface area contributed by atoms with Crippen molar-refractivity contribution in [2.75, 3.05) is 13.2 Å². The van der Waals surface area contributed by atoms with E-state index >= 15 is 0 Å². The molecule has 1 aromatic rings. The summed E-state index contributed by atoms with van der Waals surface area (Å²) in [6, 6.07) is 7.82. The number of carbonyl (C=O) groups is 1. The number of rotatable bonds is 4. The molecule has 2 fully saturated rings. The van der Waals surface area contributed by atoms with Gasteiger partial charge in [0.1, 0.15) is 11.4 Å². The molecular weight excluding hydrogens is 292 g/mol. The number of fused-ring (bicyclic) bond motifs is 1. The van der Waals surface area contributed by atoms with Crippen molar-refractivity contribution in [2.45, 2.75) is 50.2 Å². The summed E-state index contributed by atoms with van der Waals surface area (Å²) < 4.78 is 6.20. The third-order valence-corrected chi connectivity index (χ3v) is 5.68. The van der Waals surface area contributed by atoms with Crippen LogP contribution in [0.15, 0.2) is 24.3 Å². The Morgan fingerprint density at radius 1 is 1.26 bits per heavy atom. The Morgan fingerprint density at radius 3 is 2.70 bits per heavy atom. The maximum atomic E-state index is 12.3. The summed E-state index contributed by atoms with van der Waals surface area (Å²) >= 11 is 0. The molecule has 2 aliphatic carbocycles. The zero-order chi connectivity index (χ0) is 15.9. The van der Waals surface area contributed by atoms with E-state index in [-0.39, 0.29) is 29.7 Å². The average molecular weight is 316 g/mol. The molecule has 1 spiro atoms. The van der Waals surface area contributed by atoms with Crippen LogP contribution in [0.4, 0.5) is 4.79 Å². The Bertz CT molecular complexity index is 608. The maximum absolute atomic E-state index is 12.3. The molecule has 0 aromatic heterocycles. The monoisotopic (exact) mass is 316 g/mol. The van der Waals surface area contributed by atoms with Gasteiger partial charge in [-0.25, -0.2) is 4.79 Å². The summed E-state index contributed by atoms with van der Waals surface area (Å²) in [5, 5.41) is 15.4. The van der Waals surface area contributed by atoms with Crippen LogP contribution in [0.3, 0.4) is 0 Å². The first-order valence-corrected chi connectivity index (χ1v) is 8.57. The van der Waals surface area contributed by atoms with Crippen molar-refractivity contribution < 1.29 is 14.6 Å². The molecule has 23 heavy (non-hydrogen) atoms. The second-order valence-corrected chi connectivity index (χ2v) is 7.42. The third-order valence-electron chi connectivity index (χ3n) is 5.68. The van der Waals surface area contributed by atoms with Crippen molar-refractivity contribution in [1.82, 2.24) is 10.6 Å². The summed E-state index contributed by atoms with van der Waals surface area (Å²) in [6.07, 6.45) is 6.15. The van der Waals surface area contributed by atoms with E-state index in [1.165, 1.54) is 6.42 Å². The molecule has 1 aliphatic heterocycles. The zero-order valence-corrected chi connectivity index (χ0v) is 13.3. The van der Waals surface area contributed by atoms with Crippen molar-refractivity contribution in [3.8, 4) is 5.75 Å². The number of hydrogen-bond donors (Lipinski definition) is 3. The predicted molar refractivity (Wildman–Crippen MR) is 86.3 cm³/mol. The van der Waals surface area contributed by atoms with Gasteiger partial charge in [0.25, 0.3) is 0 Å². The highest BCUT2D eigenvalue weighted by atomic mass is 16.5. The van der Waals surface area contributed by atoms with Gasteiger partial charge in [0.2, 0.25) is 0 Å². The van der Waals surface area contributed by atoms with E-state index in [1.54, 1.807) is 0 Å². The van der Waals surface area contributed by atoms with E-state index in [4.69, 9.17) is 4.74 Å². The van der Waals surface area contributed by atoms with Crippen LogP contribution < -0.4 is 15.4 Å². The van der Waals surface area contributed by atoms with Gasteiger partial charge in [-0.05, 0) is 38.2 Å². The Balaban J connectivity index is 1.44. The molecule has 1 heterocycles. The number of amides is 2. The first-order valence-electron chi connectivity index (χ1n) is 8.57. The SMILES string of the molecule is O=C(NCC1(CO)CC1)N[C@@H]1CC2(CCC2)Oc2ccccc21. The first kappa shape index (κ1) is 14.8. The summed E-state index contributed by atoms with van der Waals surface area (Å²) in [5.41, 5.74) is 0.901. The lowest BCUT2D eigenvalue weighted by molar-refractivity contribution is -0.0355. The van der Waals surface area contributed by atoms with Crippen LogP contribution in [0.5, 0.6) is 5.75 Å². The molecule has 1 aromatic carbocycles. The zero-order valence-electron chi connectivity index (χ0n) is 13.3. The normalized spacial score (nSPS) is 25.7. The van der Waals surface area contributed by atoms with Gasteiger partial charge in [0, 0.05) is 23.9 Å².